The summed E-state index contributed by atoms with van der Waals surface area (Å²) in [7, 11) is 0. The molecule has 0 spiro atoms. The molecule has 5 nitrogen and oxygen atoms in total. The van der Waals surface area contributed by atoms with Crippen molar-refractivity contribution in [3.8, 4) is 0 Å². The molecule has 0 fully saturated rings. The maximum Gasteiger partial charge on any atom is 0.340 e. The number of ketones is 1. The molecular formula is C13H10N2O3. The van der Waals surface area contributed by atoms with Gasteiger partial charge in [0, 0.05) is 18.3 Å². The Morgan fingerprint density at radius 2 is 2.11 bits per heavy atom. The molecule has 0 bridgehead atoms. The lowest BCUT2D eigenvalue weighted by Gasteiger charge is -2.28. The van der Waals surface area contributed by atoms with Gasteiger partial charge in [-0.1, -0.05) is 18.2 Å². The number of fused-ring (bicyclic) bond motifs is 3. The largest absolute Gasteiger partial charge is 0.478 e. The van der Waals surface area contributed by atoms with Gasteiger partial charge in [-0.3, -0.25) is 14.8 Å². The SMILES string of the molecule is O=C(O)C1=CN=C2C3=NC=CC[C@H]3C=C[C@@H]2C1=O. The molecule has 2 atom stereocenters. The molecular weight excluding hydrogens is 232 g/mol. The van der Waals surface area contributed by atoms with E-state index in [0.29, 0.717) is 5.71 Å². The van der Waals surface area contributed by atoms with Gasteiger partial charge >= 0.3 is 5.97 Å². The third kappa shape index (κ3) is 1.48. The third-order valence-corrected chi connectivity index (χ3v) is 3.26. The summed E-state index contributed by atoms with van der Waals surface area (Å²) in [5.74, 6) is -2.09. The Morgan fingerprint density at radius 3 is 2.89 bits per heavy atom. The van der Waals surface area contributed by atoms with E-state index >= 15 is 0 Å². The second kappa shape index (κ2) is 3.87. The van der Waals surface area contributed by atoms with E-state index in [1.54, 1.807) is 12.3 Å². The van der Waals surface area contributed by atoms with E-state index in [0.717, 1.165) is 18.3 Å². The Morgan fingerprint density at radius 1 is 1.28 bits per heavy atom. The van der Waals surface area contributed by atoms with Gasteiger partial charge in [0.2, 0.25) is 0 Å². The Balaban J connectivity index is 2.10. The zero-order valence-corrected chi connectivity index (χ0v) is 9.41. The van der Waals surface area contributed by atoms with Crippen LogP contribution in [0.15, 0.2) is 46.2 Å². The van der Waals surface area contributed by atoms with Crippen LogP contribution in [0.2, 0.25) is 0 Å². The topological polar surface area (TPSA) is 79.1 Å². The number of carbonyl (C=O) groups excluding carboxylic acids is 1. The number of carboxylic acids is 1. The molecule has 0 aromatic carbocycles. The summed E-state index contributed by atoms with van der Waals surface area (Å²) in [6.45, 7) is 0. The molecule has 0 saturated heterocycles. The van der Waals surface area contributed by atoms with Gasteiger partial charge in [0.25, 0.3) is 0 Å². The van der Waals surface area contributed by atoms with Gasteiger partial charge in [0.1, 0.15) is 5.57 Å². The molecule has 0 aromatic rings. The first-order valence-corrected chi connectivity index (χ1v) is 5.65. The van der Waals surface area contributed by atoms with Crippen molar-refractivity contribution in [1.82, 2.24) is 0 Å². The lowest BCUT2D eigenvalue weighted by atomic mass is 9.78. The zero-order valence-electron chi connectivity index (χ0n) is 9.41. The number of rotatable bonds is 1. The summed E-state index contributed by atoms with van der Waals surface area (Å²) in [5.41, 5.74) is 1.10. The van der Waals surface area contributed by atoms with E-state index in [1.165, 1.54) is 0 Å². The molecule has 1 aliphatic carbocycles. The number of Topliss-reactive ketones (excluding diaryl/α,β-unsaturated/α-hetero) is 1. The predicted molar refractivity (Wildman–Crippen MR) is 65.5 cm³/mol. The van der Waals surface area contributed by atoms with Crippen LogP contribution in [0.5, 0.6) is 0 Å². The molecule has 1 N–H and O–H groups in total. The van der Waals surface area contributed by atoms with Crippen LogP contribution in [0, 0.1) is 11.8 Å². The Labute approximate surface area is 103 Å². The minimum atomic E-state index is -1.23. The van der Waals surface area contributed by atoms with E-state index in [9.17, 15) is 9.59 Å². The minimum Gasteiger partial charge on any atom is -0.478 e. The molecule has 2 aliphatic heterocycles. The van der Waals surface area contributed by atoms with Crippen LogP contribution in [0.25, 0.3) is 0 Å². The molecule has 3 rings (SSSR count). The highest BCUT2D eigenvalue weighted by Crippen LogP contribution is 2.28. The van der Waals surface area contributed by atoms with Crippen molar-refractivity contribution in [1.29, 1.82) is 0 Å². The van der Waals surface area contributed by atoms with E-state index < -0.39 is 17.7 Å². The van der Waals surface area contributed by atoms with Crippen LogP contribution < -0.4 is 0 Å². The van der Waals surface area contributed by atoms with Crippen molar-refractivity contribution in [2.45, 2.75) is 6.42 Å². The van der Waals surface area contributed by atoms with Crippen molar-refractivity contribution in [2.24, 2.45) is 21.8 Å². The molecule has 0 saturated carbocycles. The number of carboxylic acid groups (broad SMARTS) is 1. The monoisotopic (exact) mass is 242 g/mol. The molecule has 90 valence electrons. The van der Waals surface area contributed by atoms with Gasteiger partial charge in [-0.05, 0) is 6.42 Å². The molecule has 2 heterocycles. The van der Waals surface area contributed by atoms with Crippen LogP contribution >= 0.6 is 0 Å². The third-order valence-electron chi connectivity index (χ3n) is 3.26. The predicted octanol–water partition coefficient (Wildman–Crippen LogP) is 1.14. The highest BCUT2D eigenvalue weighted by Gasteiger charge is 2.38. The summed E-state index contributed by atoms with van der Waals surface area (Å²) in [6.07, 6.45) is 9.28. The smallest absolute Gasteiger partial charge is 0.340 e. The van der Waals surface area contributed by atoms with Crippen molar-refractivity contribution in [2.75, 3.05) is 0 Å². The van der Waals surface area contributed by atoms with E-state index in [1.807, 2.05) is 12.2 Å². The lowest BCUT2D eigenvalue weighted by Crippen LogP contribution is -2.40. The van der Waals surface area contributed by atoms with Crippen molar-refractivity contribution in [3.63, 3.8) is 0 Å². The van der Waals surface area contributed by atoms with Gasteiger partial charge in [-0.25, -0.2) is 4.79 Å². The molecule has 0 amide bonds. The van der Waals surface area contributed by atoms with Crippen LogP contribution in [0.3, 0.4) is 0 Å². The van der Waals surface area contributed by atoms with Crippen LogP contribution in [-0.2, 0) is 9.59 Å². The average Bonchev–Trinajstić information content (AvgIpc) is 2.38. The normalized spacial score (nSPS) is 28.9. The number of aliphatic imine (C=N–C) groups is 2. The van der Waals surface area contributed by atoms with Crippen molar-refractivity contribution < 1.29 is 14.7 Å². The van der Waals surface area contributed by atoms with Crippen LogP contribution in [0.1, 0.15) is 6.42 Å². The molecule has 0 radical (unpaired) electrons. The van der Waals surface area contributed by atoms with Gasteiger partial charge in [-0.2, -0.15) is 0 Å². The average molecular weight is 242 g/mol. The Kier molecular flexibility index (Phi) is 2.33. The zero-order chi connectivity index (χ0) is 12.7. The second-order valence-corrected chi connectivity index (χ2v) is 4.33. The standard InChI is InChI=1S/C13H10N2O3/c16-12-8-4-3-7-2-1-5-14-10(7)11(8)15-6-9(12)13(17)18/h1,3-8H,2H2,(H,17,18)/t7-,8-/m0/s1. The fourth-order valence-electron chi connectivity index (χ4n) is 2.35. The maximum atomic E-state index is 12.0. The number of carbonyl (C=O) groups is 2. The minimum absolute atomic E-state index is 0.151. The number of allylic oxidation sites excluding steroid dienone is 3. The molecule has 5 heteroatoms. The first-order valence-electron chi connectivity index (χ1n) is 5.65. The maximum absolute atomic E-state index is 12.0. The first-order chi connectivity index (χ1) is 8.68. The van der Waals surface area contributed by atoms with Crippen LogP contribution in [-0.4, -0.2) is 28.3 Å². The lowest BCUT2D eigenvalue weighted by molar-refractivity contribution is -0.134. The Hall–Kier alpha value is -2.30. The highest BCUT2D eigenvalue weighted by atomic mass is 16.4. The van der Waals surface area contributed by atoms with E-state index in [-0.39, 0.29) is 11.5 Å². The number of nitrogens with zero attached hydrogens (tertiary/aromatic N) is 2. The fraction of sp³-hybridized carbons (Fsp3) is 0.231. The van der Waals surface area contributed by atoms with Gasteiger partial charge in [0.05, 0.1) is 17.3 Å². The molecule has 18 heavy (non-hydrogen) atoms. The Bertz CT molecular complexity index is 593. The van der Waals surface area contributed by atoms with Crippen molar-refractivity contribution >= 4 is 23.2 Å². The summed E-state index contributed by atoms with van der Waals surface area (Å²) in [5, 5.41) is 8.91. The van der Waals surface area contributed by atoms with Crippen molar-refractivity contribution in [3.05, 3.63) is 36.2 Å². The number of hydrogen-bond donors (Lipinski definition) is 1. The summed E-state index contributed by atoms with van der Waals surface area (Å²) >= 11 is 0. The summed E-state index contributed by atoms with van der Waals surface area (Å²) < 4.78 is 0. The first kappa shape index (κ1) is 10.8. The summed E-state index contributed by atoms with van der Waals surface area (Å²) in [6, 6.07) is 0. The number of aliphatic carboxylic acids is 1. The fourth-order valence-corrected chi connectivity index (χ4v) is 2.35. The molecule has 0 unspecified atom stereocenters. The van der Waals surface area contributed by atoms with Gasteiger partial charge in [0.15, 0.2) is 5.78 Å². The quantitative estimate of drug-likeness (QED) is 0.553. The van der Waals surface area contributed by atoms with Crippen LogP contribution in [0.4, 0.5) is 0 Å². The van der Waals surface area contributed by atoms with E-state index in [2.05, 4.69) is 9.98 Å². The molecule has 0 aromatic heterocycles. The van der Waals surface area contributed by atoms with E-state index in [4.69, 9.17) is 5.11 Å². The van der Waals surface area contributed by atoms with Gasteiger partial charge in [-0.15, -0.1) is 0 Å². The molecule has 3 aliphatic rings. The second-order valence-electron chi connectivity index (χ2n) is 4.33. The highest BCUT2D eigenvalue weighted by molar-refractivity contribution is 6.51. The van der Waals surface area contributed by atoms with Gasteiger partial charge < -0.3 is 5.11 Å². The number of hydrogen-bond acceptors (Lipinski definition) is 4. The summed E-state index contributed by atoms with van der Waals surface area (Å²) in [4.78, 5) is 31.3.